The van der Waals surface area contributed by atoms with Crippen molar-refractivity contribution in [1.29, 1.82) is 0 Å². The van der Waals surface area contributed by atoms with Crippen molar-refractivity contribution < 1.29 is 19.1 Å². The molecule has 152 valence electrons. The fraction of sp³-hybridized carbons (Fsp3) is 0.545. The molecule has 0 radical (unpaired) electrons. The Hall–Kier alpha value is -2.50. The molecule has 1 aliphatic heterocycles. The number of allylic oxidation sites excluding steroid dienone is 1. The van der Waals surface area contributed by atoms with E-state index in [0.717, 1.165) is 31.2 Å². The SMILES string of the molecule is CC1=C(C(=O)OC2CCCCCC2)[C@@H](c2ccccc2OC(C)C)NC(=O)N1. The molecule has 0 bridgehead atoms. The molecule has 1 saturated carbocycles. The Labute approximate surface area is 166 Å². The zero-order valence-electron chi connectivity index (χ0n) is 16.9. The number of hydrogen-bond acceptors (Lipinski definition) is 4. The molecule has 1 heterocycles. The first-order chi connectivity index (χ1) is 13.5. The van der Waals surface area contributed by atoms with Gasteiger partial charge in [0.1, 0.15) is 11.9 Å². The number of rotatable bonds is 5. The zero-order valence-corrected chi connectivity index (χ0v) is 16.9. The summed E-state index contributed by atoms with van der Waals surface area (Å²) in [7, 11) is 0. The van der Waals surface area contributed by atoms with Gasteiger partial charge in [-0.3, -0.25) is 0 Å². The fourth-order valence-electron chi connectivity index (χ4n) is 3.85. The van der Waals surface area contributed by atoms with Crippen LogP contribution >= 0.6 is 0 Å². The number of urea groups is 1. The van der Waals surface area contributed by atoms with Gasteiger partial charge in [-0.25, -0.2) is 9.59 Å². The lowest BCUT2D eigenvalue weighted by atomic mass is 9.94. The van der Waals surface area contributed by atoms with Gasteiger partial charge in [0, 0.05) is 11.3 Å². The summed E-state index contributed by atoms with van der Waals surface area (Å²) in [6.45, 7) is 5.63. The predicted molar refractivity (Wildman–Crippen MR) is 107 cm³/mol. The number of amides is 2. The number of esters is 1. The van der Waals surface area contributed by atoms with Gasteiger partial charge in [-0.1, -0.05) is 31.0 Å². The lowest BCUT2D eigenvalue weighted by molar-refractivity contribution is -0.145. The molecular formula is C22H30N2O4. The van der Waals surface area contributed by atoms with Crippen molar-refractivity contribution in [2.24, 2.45) is 0 Å². The summed E-state index contributed by atoms with van der Waals surface area (Å²) < 4.78 is 11.8. The van der Waals surface area contributed by atoms with Gasteiger partial charge in [0.25, 0.3) is 0 Å². The lowest BCUT2D eigenvalue weighted by Gasteiger charge is -2.30. The van der Waals surface area contributed by atoms with Gasteiger partial charge in [0.05, 0.1) is 17.7 Å². The molecule has 1 aromatic rings. The van der Waals surface area contributed by atoms with Crippen LogP contribution in [0.1, 0.15) is 70.9 Å². The standard InChI is InChI=1S/C22H30N2O4/c1-14(2)27-18-13-9-8-12-17(18)20-19(15(3)23-22(26)24-20)21(25)28-16-10-6-4-5-7-11-16/h8-9,12-14,16,20H,4-7,10-11H2,1-3H3,(H2,23,24,26)/t20-/m1/s1. The van der Waals surface area contributed by atoms with Crippen molar-refractivity contribution in [2.45, 2.75) is 77.5 Å². The van der Waals surface area contributed by atoms with Gasteiger partial charge in [-0.15, -0.1) is 0 Å². The molecule has 2 aliphatic rings. The molecule has 3 rings (SSSR count). The molecule has 1 aliphatic carbocycles. The Morgan fingerprint density at radius 2 is 1.79 bits per heavy atom. The van der Waals surface area contributed by atoms with Gasteiger partial charge in [-0.05, 0) is 52.5 Å². The van der Waals surface area contributed by atoms with E-state index in [1.807, 2.05) is 38.1 Å². The number of carbonyl (C=O) groups excluding carboxylic acids is 2. The minimum atomic E-state index is -0.609. The number of ether oxygens (including phenoxy) is 2. The van der Waals surface area contributed by atoms with Crippen molar-refractivity contribution in [1.82, 2.24) is 10.6 Å². The van der Waals surface area contributed by atoms with Crippen LogP contribution in [0, 0.1) is 0 Å². The maximum absolute atomic E-state index is 13.1. The van der Waals surface area contributed by atoms with Gasteiger partial charge >= 0.3 is 12.0 Å². The van der Waals surface area contributed by atoms with Crippen LogP contribution < -0.4 is 15.4 Å². The first kappa shape index (κ1) is 20.2. The van der Waals surface area contributed by atoms with Gasteiger partial charge in [0.15, 0.2) is 0 Å². The second kappa shape index (κ2) is 9.13. The Bertz CT molecular complexity index is 749. The predicted octanol–water partition coefficient (Wildman–Crippen LogP) is 4.37. The highest BCUT2D eigenvalue weighted by molar-refractivity contribution is 5.95. The molecule has 0 aromatic heterocycles. The first-order valence-corrected chi connectivity index (χ1v) is 10.2. The molecule has 1 aromatic carbocycles. The van der Waals surface area contributed by atoms with Crippen LogP contribution in [0.2, 0.25) is 0 Å². The van der Waals surface area contributed by atoms with E-state index >= 15 is 0 Å². The highest BCUT2D eigenvalue weighted by Gasteiger charge is 2.35. The minimum Gasteiger partial charge on any atom is -0.491 e. The summed E-state index contributed by atoms with van der Waals surface area (Å²) in [5, 5.41) is 5.58. The summed E-state index contributed by atoms with van der Waals surface area (Å²) in [5.41, 5.74) is 1.70. The molecule has 2 N–H and O–H groups in total. The van der Waals surface area contributed by atoms with E-state index < -0.39 is 6.04 Å². The van der Waals surface area contributed by atoms with E-state index in [9.17, 15) is 9.59 Å². The monoisotopic (exact) mass is 386 g/mol. The number of carbonyl (C=O) groups is 2. The lowest BCUT2D eigenvalue weighted by Crippen LogP contribution is -2.45. The van der Waals surface area contributed by atoms with Crippen LogP contribution in [0.15, 0.2) is 35.5 Å². The second-order valence-corrected chi connectivity index (χ2v) is 7.79. The van der Waals surface area contributed by atoms with Crippen LogP contribution in [0.4, 0.5) is 4.79 Å². The van der Waals surface area contributed by atoms with Gasteiger partial charge in [-0.2, -0.15) is 0 Å². The van der Waals surface area contributed by atoms with Crippen molar-refractivity contribution in [3.05, 3.63) is 41.1 Å². The fourth-order valence-corrected chi connectivity index (χ4v) is 3.85. The molecule has 2 amide bonds. The van der Waals surface area contributed by atoms with E-state index in [4.69, 9.17) is 9.47 Å². The number of nitrogens with one attached hydrogen (secondary N) is 2. The van der Waals surface area contributed by atoms with Crippen molar-refractivity contribution in [3.8, 4) is 5.75 Å². The maximum Gasteiger partial charge on any atom is 0.338 e. The van der Waals surface area contributed by atoms with Crippen LogP contribution in [-0.4, -0.2) is 24.2 Å². The third-order valence-corrected chi connectivity index (χ3v) is 5.16. The molecule has 28 heavy (non-hydrogen) atoms. The summed E-state index contributed by atoms with van der Waals surface area (Å²) >= 11 is 0. The van der Waals surface area contributed by atoms with Crippen molar-refractivity contribution in [2.75, 3.05) is 0 Å². The van der Waals surface area contributed by atoms with Crippen LogP contribution in [0.5, 0.6) is 5.75 Å². The van der Waals surface area contributed by atoms with E-state index in [0.29, 0.717) is 17.0 Å². The summed E-state index contributed by atoms with van der Waals surface area (Å²) in [4.78, 5) is 25.2. The summed E-state index contributed by atoms with van der Waals surface area (Å²) in [6, 6.07) is 6.53. The van der Waals surface area contributed by atoms with E-state index in [2.05, 4.69) is 10.6 Å². The van der Waals surface area contributed by atoms with E-state index in [1.165, 1.54) is 12.8 Å². The van der Waals surface area contributed by atoms with Gasteiger partial charge in [0.2, 0.25) is 0 Å². The first-order valence-electron chi connectivity index (χ1n) is 10.2. The van der Waals surface area contributed by atoms with Crippen LogP contribution in [0.3, 0.4) is 0 Å². The quantitative estimate of drug-likeness (QED) is 0.582. The number of benzene rings is 1. The highest BCUT2D eigenvalue weighted by Crippen LogP contribution is 2.34. The second-order valence-electron chi connectivity index (χ2n) is 7.79. The van der Waals surface area contributed by atoms with E-state index in [1.54, 1.807) is 6.92 Å². The zero-order chi connectivity index (χ0) is 20.1. The molecule has 0 saturated heterocycles. The van der Waals surface area contributed by atoms with Crippen LogP contribution in [-0.2, 0) is 9.53 Å². The molecule has 1 fully saturated rings. The Morgan fingerprint density at radius 3 is 2.46 bits per heavy atom. The third-order valence-electron chi connectivity index (χ3n) is 5.16. The summed E-state index contributed by atoms with van der Waals surface area (Å²) in [5.74, 6) is 0.276. The summed E-state index contributed by atoms with van der Waals surface area (Å²) in [6.07, 6.45) is 6.26. The number of para-hydroxylation sites is 1. The molecular weight excluding hydrogens is 356 g/mol. The normalized spacial score (nSPS) is 21.0. The number of hydrogen-bond donors (Lipinski definition) is 2. The largest absolute Gasteiger partial charge is 0.491 e. The van der Waals surface area contributed by atoms with Crippen LogP contribution in [0.25, 0.3) is 0 Å². The Balaban J connectivity index is 1.90. The Morgan fingerprint density at radius 1 is 1.11 bits per heavy atom. The average molecular weight is 386 g/mol. The minimum absolute atomic E-state index is 0.0231. The van der Waals surface area contributed by atoms with E-state index in [-0.39, 0.29) is 24.2 Å². The van der Waals surface area contributed by atoms with Crippen molar-refractivity contribution >= 4 is 12.0 Å². The molecule has 0 unspecified atom stereocenters. The molecule has 6 nitrogen and oxygen atoms in total. The third kappa shape index (κ3) is 4.86. The highest BCUT2D eigenvalue weighted by atomic mass is 16.5. The Kier molecular flexibility index (Phi) is 6.60. The smallest absolute Gasteiger partial charge is 0.338 e. The molecule has 0 spiro atoms. The molecule has 1 atom stereocenters. The molecule has 6 heteroatoms. The van der Waals surface area contributed by atoms with Crippen molar-refractivity contribution in [3.63, 3.8) is 0 Å². The average Bonchev–Trinajstić information content (AvgIpc) is 2.89. The topological polar surface area (TPSA) is 76.7 Å². The maximum atomic E-state index is 13.1. The van der Waals surface area contributed by atoms with Gasteiger partial charge < -0.3 is 20.1 Å².